The van der Waals surface area contributed by atoms with Crippen molar-refractivity contribution in [3.8, 4) is 22.9 Å². The first-order valence-corrected chi connectivity index (χ1v) is 9.29. The number of pyridine rings is 1. The number of ether oxygens (including phenoxy) is 2. The highest BCUT2D eigenvalue weighted by Gasteiger charge is 2.23. The number of aliphatic carboxylic acids is 1. The summed E-state index contributed by atoms with van der Waals surface area (Å²) >= 11 is 0. The minimum atomic E-state index is -0.774. The monoisotopic (exact) mass is 353 g/mol. The summed E-state index contributed by atoms with van der Waals surface area (Å²) in [6.07, 6.45) is 4.96. The molecule has 1 unspecified atom stereocenters. The highest BCUT2D eigenvalue weighted by atomic mass is 16.5. The predicted molar refractivity (Wildman–Crippen MR) is 97.5 cm³/mol. The molecule has 2 aromatic rings. The van der Waals surface area contributed by atoms with E-state index in [1.54, 1.807) is 0 Å². The molecule has 1 saturated carbocycles. The average molecular weight is 353 g/mol. The number of carboxylic acids is 1. The normalized spacial score (nSPS) is 18.7. The van der Waals surface area contributed by atoms with E-state index in [4.69, 9.17) is 14.6 Å². The van der Waals surface area contributed by atoms with E-state index in [-0.39, 0.29) is 12.5 Å². The van der Waals surface area contributed by atoms with Crippen molar-refractivity contribution in [1.29, 1.82) is 0 Å². The van der Waals surface area contributed by atoms with Gasteiger partial charge in [0.15, 0.2) is 0 Å². The lowest BCUT2D eigenvalue weighted by atomic mass is 9.97. The predicted octanol–water partition coefficient (Wildman–Crippen LogP) is 4.10. The van der Waals surface area contributed by atoms with Crippen LogP contribution in [0.4, 0.5) is 0 Å². The molecule has 136 valence electrons. The molecule has 0 saturated heterocycles. The third kappa shape index (κ3) is 4.15. The molecule has 5 nitrogen and oxygen atoms in total. The molecule has 0 radical (unpaired) electrons. The van der Waals surface area contributed by atoms with E-state index >= 15 is 0 Å². The number of fused-ring (bicyclic) bond motifs is 1. The van der Waals surface area contributed by atoms with E-state index in [0.717, 1.165) is 42.0 Å². The van der Waals surface area contributed by atoms with E-state index in [2.05, 4.69) is 11.1 Å². The van der Waals surface area contributed by atoms with Crippen LogP contribution in [0.2, 0.25) is 0 Å². The van der Waals surface area contributed by atoms with Crippen molar-refractivity contribution in [2.45, 2.75) is 44.6 Å². The standard InChI is InChI=1S/C21H23NO4/c23-21(24)11-9-17-8-6-16-12-15(7-10-19(16)26-17)18-2-1-3-20(22-18)25-13-14-4-5-14/h1-3,7,10,12,14,17H,4-6,8-9,11,13H2,(H,23,24). The lowest BCUT2D eigenvalue weighted by Gasteiger charge is -2.26. The molecule has 1 aliphatic heterocycles. The second-order valence-corrected chi connectivity index (χ2v) is 7.15. The minimum absolute atomic E-state index is 0.0123. The molecule has 4 rings (SSSR count). The molecule has 2 heterocycles. The molecule has 1 N–H and O–H groups in total. The first-order chi connectivity index (χ1) is 12.7. The Bertz CT molecular complexity index is 800. The van der Waals surface area contributed by atoms with Crippen LogP contribution < -0.4 is 9.47 Å². The molecule has 0 amide bonds. The molecule has 1 fully saturated rings. The number of hydrogen-bond donors (Lipinski definition) is 1. The smallest absolute Gasteiger partial charge is 0.303 e. The maximum absolute atomic E-state index is 10.7. The first kappa shape index (κ1) is 16.9. The van der Waals surface area contributed by atoms with Crippen molar-refractivity contribution in [1.82, 2.24) is 4.98 Å². The van der Waals surface area contributed by atoms with Gasteiger partial charge < -0.3 is 14.6 Å². The Labute approximate surface area is 153 Å². The van der Waals surface area contributed by atoms with Crippen LogP contribution in [0.5, 0.6) is 11.6 Å². The maximum Gasteiger partial charge on any atom is 0.303 e. The zero-order chi connectivity index (χ0) is 17.9. The Balaban J connectivity index is 1.45. The number of carboxylic acid groups (broad SMARTS) is 1. The van der Waals surface area contributed by atoms with E-state index < -0.39 is 5.97 Å². The van der Waals surface area contributed by atoms with Gasteiger partial charge in [-0.15, -0.1) is 0 Å². The van der Waals surface area contributed by atoms with E-state index in [9.17, 15) is 4.79 Å². The van der Waals surface area contributed by atoms with Crippen molar-refractivity contribution >= 4 is 5.97 Å². The molecule has 2 aliphatic rings. The highest BCUT2D eigenvalue weighted by Crippen LogP contribution is 2.33. The van der Waals surface area contributed by atoms with Crippen LogP contribution in [-0.2, 0) is 11.2 Å². The summed E-state index contributed by atoms with van der Waals surface area (Å²) in [5, 5.41) is 8.82. The highest BCUT2D eigenvalue weighted by molar-refractivity contribution is 5.66. The SMILES string of the molecule is O=C(O)CCC1CCc2cc(-c3cccc(OCC4CC4)n3)ccc2O1. The Morgan fingerprint density at radius 1 is 1.23 bits per heavy atom. The van der Waals surface area contributed by atoms with Gasteiger partial charge in [0.25, 0.3) is 0 Å². The van der Waals surface area contributed by atoms with Gasteiger partial charge in [-0.2, -0.15) is 0 Å². The summed E-state index contributed by atoms with van der Waals surface area (Å²) in [6, 6.07) is 12.0. The lowest BCUT2D eigenvalue weighted by molar-refractivity contribution is -0.137. The molecular weight excluding hydrogens is 330 g/mol. The summed E-state index contributed by atoms with van der Waals surface area (Å²) in [6.45, 7) is 0.756. The van der Waals surface area contributed by atoms with Gasteiger partial charge in [0.1, 0.15) is 5.75 Å². The molecule has 1 atom stereocenters. The molecule has 5 heteroatoms. The molecule has 0 spiro atoms. The van der Waals surface area contributed by atoms with Crippen LogP contribution in [-0.4, -0.2) is 28.8 Å². The third-order valence-corrected chi connectivity index (χ3v) is 4.95. The second-order valence-electron chi connectivity index (χ2n) is 7.15. The fraction of sp³-hybridized carbons (Fsp3) is 0.429. The van der Waals surface area contributed by atoms with E-state index in [1.165, 1.54) is 12.8 Å². The van der Waals surface area contributed by atoms with Crippen molar-refractivity contribution in [3.63, 3.8) is 0 Å². The fourth-order valence-electron chi connectivity index (χ4n) is 3.24. The van der Waals surface area contributed by atoms with Gasteiger partial charge in [0.05, 0.1) is 18.4 Å². The summed E-state index contributed by atoms with van der Waals surface area (Å²) in [5.41, 5.74) is 3.10. The Kier molecular flexibility index (Phi) is 4.78. The summed E-state index contributed by atoms with van der Waals surface area (Å²) in [5.74, 6) is 1.47. The first-order valence-electron chi connectivity index (χ1n) is 9.29. The number of nitrogens with zero attached hydrogens (tertiary/aromatic N) is 1. The van der Waals surface area contributed by atoms with Crippen LogP contribution in [0.3, 0.4) is 0 Å². The van der Waals surface area contributed by atoms with Gasteiger partial charge in [-0.05, 0) is 67.9 Å². The largest absolute Gasteiger partial charge is 0.490 e. The van der Waals surface area contributed by atoms with Crippen LogP contribution in [0.1, 0.15) is 37.7 Å². The quantitative estimate of drug-likeness (QED) is 0.812. The topological polar surface area (TPSA) is 68.7 Å². The van der Waals surface area contributed by atoms with Crippen molar-refractivity contribution < 1.29 is 19.4 Å². The van der Waals surface area contributed by atoms with Crippen molar-refractivity contribution in [3.05, 3.63) is 42.0 Å². The molecule has 26 heavy (non-hydrogen) atoms. The number of aryl methyl sites for hydroxylation is 1. The van der Waals surface area contributed by atoms with Gasteiger partial charge in [-0.1, -0.05) is 6.07 Å². The Morgan fingerprint density at radius 3 is 2.92 bits per heavy atom. The number of carbonyl (C=O) groups is 1. The zero-order valence-corrected chi connectivity index (χ0v) is 14.7. The number of hydrogen-bond acceptors (Lipinski definition) is 4. The summed E-state index contributed by atoms with van der Waals surface area (Å²) in [4.78, 5) is 15.4. The molecule has 1 aromatic carbocycles. The van der Waals surface area contributed by atoms with E-state index in [0.29, 0.717) is 18.2 Å². The number of rotatable bonds is 7. The van der Waals surface area contributed by atoms with Gasteiger partial charge in [-0.25, -0.2) is 4.98 Å². The lowest BCUT2D eigenvalue weighted by Crippen LogP contribution is -2.23. The third-order valence-electron chi connectivity index (χ3n) is 4.95. The van der Waals surface area contributed by atoms with Crippen LogP contribution in [0.25, 0.3) is 11.3 Å². The summed E-state index contributed by atoms with van der Waals surface area (Å²) in [7, 11) is 0. The van der Waals surface area contributed by atoms with Crippen molar-refractivity contribution in [2.24, 2.45) is 5.92 Å². The number of benzene rings is 1. The van der Waals surface area contributed by atoms with Gasteiger partial charge in [-0.3, -0.25) is 4.79 Å². The maximum atomic E-state index is 10.7. The van der Waals surface area contributed by atoms with Gasteiger partial charge in [0.2, 0.25) is 5.88 Å². The zero-order valence-electron chi connectivity index (χ0n) is 14.7. The van der Waals surface area contributed by atoms with E-state index in [1.807, 2.05) is 30.3 Å². The molecule has 1 aromatic heterocycles. The molecule has 1 aliphatic carbocycles. The Hall–Kier alpha value is -2.56. The van der Waals surface area contributed by atoms with Gasteiger partial charge >= 0.3 is 5.97 Å². The Morgan fingerprint density at radius 2 is 2.12 bits per heavy atom. The fourth-order valence-corrected chi connectivity index (χ4v) is 3.24. The minimum Gasteiger partial charge on any atom is -0.490 e. The van der Waals surface area contributed by atoms with Crippen LogP contribution in [0.15, 0.2) is 36.4 Å². The van der Waals surface area contributed by atoms with Crippen LogP contribution >= 0.6 is 0 Å². The van der Waals surface area contributed by atoms with Gasteiger partial charge in [0, 0.05) is 18.1 Å². The number of aromatic nitrogens is 1. The molecular formula is C21H23NO4. The van der Waals surface area contributed by atoms with Crippen LogP contribution in [0, 0.1) is 5.92 Å². The molecule has 0 bridgehead atoms. The second kappa shape index (κ2) is 7.36. The average Bonchev–Trinajstić information content (AvgIpc) is 3.49. The van der Waals surface area contributed by atoms with Crippen molar-refractivity contribution in [2.75, 3.05) is 6.61 Å². The summed E-state index contributed by atoms with van der Waals surface area (Å²) < 4.78 is 11.7.